The molecule has 0 unspecified atom stereocenters. The largest absolute Gasteiger partial charge is 0.347 e. The number of rotatable bonds is 4. The lowest BCUT2D eigenvalue weighted by Crippen LogP contribution is -2.53. The maximum Gasteiger partial charge on any atom is 0.243 e. The summed E-state index contributed by atoms with van der Waals surface area (Å²) in [4.78, 5) is 29.6. The van der Waals surface area contributed by atoms with E-state index in [1.807, 2.05) is 6.07 Å². The fraction of sp³-hybridized carbons (Fsp3) is 0.714. The van der Waals surface area contributed by atoms with E-state index in [-0.39, 0.29) is 29.1 Å². The van der Waals surface area contributed by atoms with E-state index in [0.29, 0.717) is 18.4 Å². The fourth-order valence-corrected chi connectivity index (χ4v) is 6.22. The molecule has 2 amide bonds. The van der Waals surface area contributed by atoms with Gasteiger partial charge in [0.05, 0.1) is 6.04 Å². The monoisotopic (exact) mass is 471 g/mol. The molecule has 1 aromatic rings. The third kappa shape index (κ3) is 5.48. The van der Waals surface area contributed by atoms with Crippen molar-refractivity contribution in [3.05, 3.63) is 35.1 Å². The third-order valence-electron chi connectivity index (χ3n) is 8.39. The highest BCUT2D eigenvalue weighted by Crippen LogP contribution is 2.48. The lowest BCUT2D eigenvalue weighted by molar-refractivity contribution is -0.141. The van der Waals surface area contributed by atoms with Gasteiger partial charge in [0.15, 0.2) is 0 Å². The van der Waals surface area contributed by atoms with Gasteiger partial charge in [-0.1, -0.05) is 26.8 Å². The summed E-state index contributed by atoms with van der Waals surface area (Å²) < 4.78 is 14.4. The molecular formula is C28H42FN3O2. The SMILES string of the molecule is CC(=O)N1CCCC[C@@H]1C(=O)N[C@H]1CCC2(CCN(CCC(C)(C)C)CC2)c2cc(F)ccc21. The Hall–Kier alpha value is -1.95. The van der Waals surface area contributed by atoms with Gasteiger partial charge in [0.25, 0.3) is 0 Å². The zero-order valence-electron chi connectivity index (χ0n) is 21.5. The second kappa shape index (κ2) is 9.96. The van der Waals surface area contributed by atoms with Crippen LogP contribution < -0.4 is 5.32 Å². The summed E-state index contributed by atoms with van der Waals surface area (Å²) in [5.74, 6) is -0.304. The molecule has 2 saturated heterocycles. The number of amides is 2. The summed E-state index contributed by atoms with van der Waals surface area (Å²) in [5.41, 5.74) is 2.48. The molecule has 1 aliphatic carbocycles. The van der Waals surface area contributed by atoms with Gasteiger partial charge >= 0.3 is 0 Å². The Morgan fingerprint density at radius 2 is 1.82 bits per heavy atom. The number of halogens is 1. The molecule has 2 heterocycles. The maximum absolute atomic E-state index is 14.4. The van der Waals surface area contributed by atoms with Crippen molar-refractivity contribution in [1.82, 2.24) is 15.1 Å². The van der Waals surface area contributed by atoms with Crippen LogP contribution in [0.5, 0.6) is 0 Å². The van der Waals surface area contributed by atoms with Gasteiger partial charge in [-0.05, 0) is 105 Å². The fourth-order valence-electron chi connectivity index (χ4n) is 6.22. The molecule has 188 valence electrons. The summed E-state index contributed by atoms with van der Waals surface area (Å²) in [6, 6.07) is 4.62. The normalized spacial score (nSPS) is 25.1. The Balaban J connectivity index is 1.49. The van der Waals surface area contributed by atoms with Crippen LogP contribution in [0.4, 0.5) is 4.39 Å². The number of hydrogen-bond donors (Lipinski definition) is 1. The lowest BCUT2D eigenvalue weighted by Gasteiger charge is -2.48. The van der Waals surface area contributed by atoms with Crippen LogP contribution in [0.25, 0.3) is 0 Å². The van der Waals surface area contributed by atoms with Crippen LogP contribution in [-0.4, -0.2) is 53.8 Å². The van der Waals surface area contributed by atoms with E-state index < -0.39 is 6.04 Å². The molecule has 1 spiro atoms. The molecule has 2 atom stereocenters. The molecule has 0 bridgehead atoms. The smallest absolute Gasteiger partial charge is 0.243 e. The van der Waals surface area contributed by atoms with Crippen LogP contribution in [0.3, 0.4) is 0 Å². The highest BCUT2D eigenvalue weighted by atomic mass is 19.1. The zero-order chi connectivity index (χ0) is 24.5. The predicted octanol–water partition coefficient (Wildman–Crippen LogP) is 4.95. The number of benzene rings is 1. The van der Waals surface area contributed by atoms with Crippen LogP contribution in [0.15, 0.2) is 18.2 Å². The molecule has 3 aliphatic rings. The Morgan fingerprint density at radius 1 is 1.09 bits per heavy atom. The van der Waals surface area contributed by atoms with Crippen molar-refractivity contribution in [2.45, 2.75) is 96.6 Å². The zero-order valence-corrected chi connectivity index (χ0v) is 21.5. The van der Waals surface area contributed by atoms with Gasteiger partial charge in [-0.2, -0.15) is 0 Å². The van der Waals surface area contributed by atoms with Gasteiger partial charge in [-0.3, -0.25) is 9.59 Å². The Kier molecular flexibility index (Phi) is 7.37. The molecule has 6 heteroatoms. The molecular weight excluding hydrogens is 429 g/mol. The van der Waals surface area contributed by atoms with Gasteiger partial charge in [0.2, 0.25) is 11.8 Å². The van der Waals surface area contributed by atoms with Crippen molar-refractivity contribution in [1.29, 1.82) is 0 Å². The van der Waals surface area contributed by atoms with E-state index in [2.05, 4.69) is 31.0 Å². The van der Waals surface area contributed by atoms with Crippen molar-refractivity contribution in [2.24, 2.45) is 5.41 Å². The minimum Gasteiger partial charge on any atom is -0.347 e. The van der Waals surface area contributed by atoms with E-state index in [4.69, 9.17) is 0 Å². The maximum atomic E-state index is 14.4. The number of piperidine rings is 2. The van der Waals surface area contributed by atoms with Crippen molar-refractivity contribution >= 4 is 11.8 Å². The number of hydrogen-bond acceptors (Lipinski definition) is 3. The standard InChI is InChI=1S/C28H42FN3O2/c1-20(33)32-15-6-5-7-25(32)26(34)30-24-10-11-28(23-19-21(29)8-9-22(23)24)13-17-31(18-14-28)16-12-27(2,3)4/h8-9,19,24-25H,5-7,10-18H2,1-4H3,(H,30,34)/t24-,25+/m0/s1. The number of likely N-dealkylation sites (tertiary alicyclic amines) is 2. The van der Waals surface area contributed by atoms with Crippen LogP contribution in [-0.2, 0) is 15.0 Å². The first-order valence-corrected chi connectivity index (χ1v) is 13.2. The second-order valence-corrected chi connectivity index (χ2v) is 12.0. The first kappa shape index (κ1) is 25.2. The van der Waals surface area contributed by atoms with Gasteiger partial charge < -0.3 is 15.1 Å². The topological polar surface area (TPSA) is 52.7 Å². The molecule has 5 nitrogen and oxygen atoms in total. The Labute approximate surface area is 204 Å². The average Bonchev–Trinajstić information content (AvgIpc) is 2.80. The van der Waals surface area contributed by atoms with Gasteiger partial charge in [0.1, 0.15) is 11.9 Å². The molecule has 1 N–H and O–H groups in total. The molecule has 34 heavy (non-hydrogen) atoms. The first-order chi connectivity index (χ1) is 16.1. The summed E-state index contributed by atoms with van der Waals surface area (Å²) in [6.07, 6.45) is 7.69. The van der Waals surface area contributed by atoms with Crippen LogP contribution in [0, 0.1) is 11.2 Å². The molecule has 1 aromatic carbocycles. The van der Waals surface area contributed by atoms with Crippen molar-refractivity contribution in [3.63, 3.8) is 0 Å². The summed E-state index contributed by atoms with van der Waals surface area (Å²) in [6.45, 7) is 12.2. The summed E-state index contributed by atoms with van der Waals surface area (Å²) >= 11 is 0. The number of nitrogens with one attached hydrogen (secondary N) is 1. The molecule has 2 aliphatic heterocycles. The first-order valence-electron chi connectivity index (χ1n) is 13.2. The minimum atomic E-state index is -0.392. The number of carbonyl (C=O) groups is 2. The lowest BCUT2D eigenvalue weighted by atomic mass is 9.63. The number of nitrogens with zero attached hydrogens (tertiary/aromatic N) is 2. The van der Waals surface area contributed by atoms with E-state index in [9.17, 15) is 14.0 Å². The molecule has 0 saturated carbocycles. The summed E-state index contributed by atoms with van der Waals surface area (Å²) in [5, 5.41) is 3.25. The van der Waals surface area contributed by atoms with E-state index in [1.54, 1.807) is 17.9 Å². The minimum absolute atomic E-state index is 0.00679. The average molecular weight is 472 g/mol. The van der Waals surface area contributed by atoms with Crippen molar-refractivity contribution < 1.29 is 14.0 Å². The van der Waals surface area contributed by atoms with E-state index in [0.717, 1.165) is 69.3 Å². The highest BCUT2D eigenvalue weighted by Gasteiger charge is 2.43. The van der Waals surface area contributed by atoms with Crippen LogP contribution in [0.1, 0.15) is 96.2 Å². The van der Waals surface area contributed by atoms with Crippen LogP contribution >= 0.6 is 0 Å². The summed E-state index contributed by atoms with van der Waals surface area (Å²) in [7, 11) is 0. The molecule has 0 radical (unpaired) electrons. The van der Waals surface area contributed by atoms with E-state index in [1.165, 1.54) is 12.5 Å². The van der Waals surface area contributed by atoms with Gasteiger partial charge in [-0.15, -0.1) is 0 Å². The molecule has 2 fully saturated rings. The number of carbonyl (C=O) groups excluding carboxylic acids is 2. The highest BCUT2D eigenvalue weighted by molar-refractivity contribution is 5.87. The van der Waals surface area contributed by atoms with Crippen molar-refractivity contribution in [2.75, 3.05) is 26.2 Å². The predicted molar refractivity (Wildman–Crippen MR) is 133 cm³/mol. The van der Waals surface area contributed by atoms with Gasteiger partial charge in [0, 0.05) is 13.5 Å². The van der Waals surface area contributed by atoms with Crippen LogP contribution in [0.2, 0.25) is 0 Å². The second-order valence-electron chi connectivity index (χ2n) is 12.0. The Bertz CT molecular complexity index is 901. The quantitative estimate of drug-likeness (QED) is 0.676. The van der Waals surface area contributed by atoms with E-state index >= 15 is 0 Å². The molecule has 0 aromatic heterocycles. The number of fused-ring (bicyclic) bond motifs is 2. The molecule has 4 rings (SSSR count). The Morgan fingerprint density at radius 3 is 2.50 bits per heavy atom. The van der Waals surface area contributed by atoms with Gasteiger partial charge in [-0.25, -0.2) is 4.39 Å². The van der Waals surface area contributed by atoms with Crippen molar-refractivity contribution in [3.8, 4) is 0 Å². The third-order valence-corrected chi connectivity index (χ3v) is 8.39.